The smallest absolute Gasteiger partial charge is 0.238 e. The molecule has 1 fully saturated rings. The summed E-state index contributed by atoms with van der Waals surface area (Å²) in [7, 11) is 0. The lowest BCUT2D eigenvalue weighted by atomic mass is 9.64. The number of fused-ring (bicyclic) bond motifs is 6. The number of para-hydroxylation sites is 2. The highest BCUT2D eigenvalue weighted by atomic mass is 79.9. The minimum atomic E-state index is -1.31. The number of rotatable bonds is 4. The molecule has 0 aliphatic carbocycles. The van der Waals surface area contributed by atoms with E-state index in [1.165, 1.54) is 0 Å². The number of halogens is 1. The Bertz CT molecular complexity index is 1730. The van der Waals surface area contributed by atoms with Gasteiger partial charge < -0.3 is 10.2 Å². The number of benzene rings is 4. The highest BCUT2D eigenvalue weighted by Crippen LogP contribution is 2.58. The fraction of sp³-hybridized carbons (Fsp3) is 0.147. The zero-order valence-electron chi connectivity index (χ0n) is 21.7. The van der Waals surface area contributed by atoms with Crippen LogP contribution in [0.4, 0.5) is 11.4 Å². The number of nitrogens with zero attached hydrogens (tertiary/aromatic N) is 1. The molecule has 0 aromatic heterocycles. The van der Waals surface area contributed by atoms with E-state index < -0.39 is 23.4 Å². The number of allylic oxidation sites excluding steroid dienone is 1. The van der Waals surface area contributed by atoms with Crippen molar-refractivity contribution in [2.45, 2.75) is 24.4 Å². The summed E-state index contributed by atoms with van der Waals surface area (Å²) >= 11 is 3.46. The second kappa shape index (κ2) is 9.14. The average molecular weight is 589 g/mol. The molecule has 40 heavy (non-hydrogen) atoms. The van der Waals surface area contributed by atoms with Crippen LogP contribution >= 0.6 is 15.9 Å². The Hall–Kier alpha value is -4.29. The summed E-state index contributed by atoms with van der Waals surface area (Å²) in [4.78, 5) is 45.8. The van der Waals surface area contributed by atoms with E-state index in [2.05, 4.69) is 27.3 Å². The van der Waals surface area contributed by atoms with Gasteiger partial charge in [-0.2, -0.15) is 0 Å². The lowest BCUT2D eigenvalue weighted by Crippen LogP contribution is -2.51. The number of Topliss-reactive ketones (excluding diaryl/α,β-unsaturated/α-hetero) is 2. The molecule has 0 unspecified atom stereocenters. The molecule has 3 aliphatic heterocycles. The van der Waals surface area contributed by atoms with Crippen molar-refractivity contribution in [2.24, 2.45) is 5.92 Å². The zero-order chi connectivity index (χ0) is 27.6. The van der Waals surface area contributed by atoms with Gasteiger partial charge in [0.1, 0.15) is 11.5 Å². The molecule has 0 saturated carbocycles. The first-order valence-corrected chi connectivity index (χ1v) is 14.1. The third kappa shape index (κ3) is 3.35. The second-order valence-electron chi connectivity index (χ2n) is 10.6. The maximum absolute atomic E-state index is 14.8. The van der Waals surface area contributed by atoms with Gasteiger partial charge in [-0.15, -0.1) is 0 Å². The molecule has 3 heterocycles. The molecule has 3 aliphatic rings. The summed E-state index contributed by atoms with van der Waals surface area (Å²) in [6, 6.07) is 30.3. The fourth-order valence-corrected chi connectivity index (χ4v) is 7.22. The number of carbonyl (C=O) groups excluding carboxylic acids is 3. The number of carbonyl (C=O) groups is 3. The minimum absolute atomic E-state index is 0.183. The van der Waals surface area contributed by atoms with Crippen LogP contribution in [0.1, 0.15) is 38.8 Å². The second-order valence-corrected chi connectivity index (χ2v) is 11.5. The molecule has 4 aromatic rings. The van der Waals surface area contributed by atoms with E-state index in [0.717, 1.165) is 26.9 Å². The molecule has 4 aromatic carbocycles. The quantitative estimate of drug-likeness (QED) is 0.269. The van der Waals surface area contributed by atoms with Crippen LogP contribution in [-0.4, -0.2) is 29.6 Å². The van der Waals surface area contributed by atoms with Gasteiger partial charge in [-0.05, 0) is 42.3 Å². The van der Waals surface area contributed by atoms with Crippen molar-refractivity contribution >= 4 is 50.4 Å². The lowest BCUT2D eigenvalue weighted by Gasteiger charge is -2.39. The summed E-state index contributed by atoms with van der Waals surface area (Å²) in [6.07, 6.45) is 2.07. The Balaban J connectivity index is 1.56. The Kier molecular flexibility index (Phi) is 5.65. The lowest BCUT2D eigenvalue weighted by molar-refractivity contribution is -0.121. The predicted molar refractivity (Wildman–Crippen MR) is 160 cm³/mol. The molecule has 1 N–H and O–H groups in total. The third-order valence-corrected chi connectivity index (χ3v) is 9.15. The van der Waals surface area contributed by atoms with E-state index in [0.29, 0.717) is 16.8 Å². The Morgan fingerprint density at radius 1 is 0.800 bits per heavy atom. The van der Waals surface area contributed by atoms with Gasteiger partial charge in [0.2, 0.25) is 5.91 Å². The molecule has 7 rings (SSSR count). The monoisotopic (exact) mass is 588 g/mol. The van der Waals surface area contributed by atoms with Crippen molar-refractivity contribution in [3.8, 4) is 0 Å². The van der Waals surface area contributed by atoms with Crippen molar-refractivity contribution in [3.63, 3.8) is 0 Å². The molecule has 6 heteroatoms. The van der Waals surface area contributed by atoms with Gasteiger partial charge in [0.15, 0.2) is 11.6 Å². The molecule has 1 amide bonds. The van der Waals surface area contributed by atoms with E-state index in [1.807, 2.05) is 90.7 Å². The molecule has 1 spiro atoms. The van der Waals surface area contributed by atoms with Gasteiger partial charge in [0.05, 0.1) is 12.0 Å². The summed E-state index contributed by atoms with van der Waals surface area (Å²) < 4.78 is 0.843. The first kappa shape index (κ1) is 24.7. The molecule has 0 radical (unpaired) electrons. The van der Waals surface area contributed by atoms with Gasteiger partial charge in [-0.3, -0.25) is 14.4 Å². The summed E-state index contributed by atoms with van der Waals surface area (Å²) in [5, 5.41) is 3.08. The molecular formula is C34H25BrN2O3. The molecule has 1 saturated heterocycles. The predicted octanol–water partition coefficient (Wildman–Crippen LogP) is 6.70. The Morgan fingerprint density at radius 2 is 1.45 bits per heavy atom. The molecule has 196 valence electrons. The van der Waals surface area contributed by atoms with Gasteiger partial charge >= 0.3 is 0 Å². The van der Waals surface area contributed by atoms with E-state index >= 15 is 0 Å². The summed E-state index contributed by atoms with van der Waals surface area (Å²) in [6.45, 7) is 2.03. The van der Waals surface area contributed by atoms with E-state index in [9.17, 15) is 14.4 Å². The zero-order valence-corrected chi connectivity index (χ0v) is 23.3. The Labute approximate surface area is 240 Å². The standard InChI is InChI=1S/C34H25BrN2O3/c1-20-19-28-34(25-12-6-7-13-26(25)36-33(34)40)29(31(38)22-15-17-23(35)18-16-22)30(32(39)21-9-3-2-4-10-21)37(28)27-14-8-5-11-24(20)27/h2-19,28-30H,1H3,(H,36,40)/t28-,29+,30+,34-/m1/s1. The Morgan fingerprint density at radius 3 is 2.23 bits per heavy atom. The molecule has 4 atom stereocenters. The van der Waals surface area contributed by atoms with E-state index in [4.69, 9.17) is 0 Å². The maximum atomic E-state index is 14.8. The van der Waals surface area contributed by atoms with Crippen LogP contribution in [0.25, 0.3) is 5.57 Å². The van der Waals surface area contributed by atoms with Crippen LogP contribution in [-0.2, 0) is 10.2 Å². The summed E-state index contributed by atoms with van der Waals surface area (Å²) in [5.41, 5.74) is 3.93. The van der Waals surface area contributed by atoms with Gasteiger partial charge in [-0.25, -0.2) is 0 Å². The van der Waals surface area contributed by atoms with Gasteiger partial charge in [0.25, 0.3) is 0 Å². The largest absolute Gasteiger partial charge is 0.352 e. The van der Waals surface area contributed by atoms with Crippen LogP contribution in [0.2, 0.25) is 0 Å². The molecule has 5 nitrogen and oxygen atoms in total. The van der Waals surface area contributed by atoms with Crippen LogP contribution in [0.3, 0.4) is 0 Å². The topological polar surface area (TPSA) is 66.5 Å². The van der Waals surface area contributed by atoms with Gasteiger partial charge in [0, 0.05) is 32.5 Å². The maximum Gasteiger partial charge on any atom is 0.238 e. The number of hydrogen-bond acceptors (Lipinski definition) is 4. The van der Waals surface area contributed by atoms with Crippen molar-refractivity contribution in [1.29, 1.82) is 0 Å². The number of anilines is 2. The molecular weight excluding hydrogens is 564 g/mol. The van der Waals surface area contributed by atoms with Crippen LogP contribution in [0.5, 0.6) is 0 Å². The number of ketones is 2. The fourth-order valence-electron chi connectivity index (χ4n) is 6.95. The van der Waals surface area contributed by atoms with Crippen molar-refractivity contribution in [1.82, 2.24) is 0 Å². The van der Waals surface area contributed by atoms with Crippen LogP contribution < -0.4 is 10.2 Å². The average Bonchev–Trinajstić information content (AvgIpc) is 3.45. The first-order chi connectivity index (χ1) is 19.4. The number of hydrogen-bond donors (Lipinski definition) is 1. The van der Waals surface area contributed by atoms with Gasteiger partial charge in [-0.1, -0.05) is 101 Å². The van der Waals surface area contributed by atoms with Crippen molar-refractivity contribution in [3.05, 3.63) is 136 Å². The van der Waals surface area contributed by atoms with Crippen molar-refractivity contribution < 1.29 is 14.4 Å². The van der Waals surface area contributed by atoms with Crippen LogP contribution in [0, 0.1) is 5.92 Å². The molecule has 0 bridgehead atoms. The number of nitrogens with one attached hydrogen (secondary N) is 1. The number of amides is 1. The minimum Gasteiger partial charge on any atom is -0.352 e. The highest BCUT2D eigenvalue weighted by Gasteiger charge is 2.70. The highest BCUT2D eigenvalue weighted by molar-refractivity contribution is 9.10. The van der Waals surface area contributed by atoms with E-state index in [-0.39, 0.29) is 17.5 Å². The normalized spacial score (nSPS) is 24.1. The van der Waals surface area contributed by atoms with Crippen LogP contribution in [0.15, 0.2) is 114 Å². The third-order valence-electron chi connectivity index (χ3n) is 8.62. The summed E-state index contributed by atoms with van der Waals surface area (Å²) in [5.74, 6) is -1.65. The first-order valence-electron chi connectivity index (χ1n) is 13.3. The van der Waals surface area contributed by atoms with E-state index in [1.54, 1.807) is 24.3 Å². The SMILES string of the molecule is CC1=C[C@H]2N(c3ccccc31)[C@H](C(=O)c1ccccc1)[C@@H](C(=O)c1ccc(Br)cc1)[C@]21C(=O)Nc2ccccc21. The van der Waals surface area contributed by atoms with Crippen molar-refractivity contribution in [2.75, 3.05) is 10.2 Å².